The average molecular weight is 366 g/mol. The SMILES string of the molecule is Cc1cccc(COc2ccc3c(C)c(CCC(=O)O)c(=O)oc3c2C)c1. The Hall–Kier alpha value is -3.08. The van der Waals surface area contributed by atoms with Gasteiger partial charge in [-0.05, 0) is 50.5 Å². The highest BCUT2D eigenvalue weighted by Crippen LogP contribution is 2.30. The number of aryl methyl sites for hydroxylation is 3. The lowest BCUT2D eigenvalue weighted by molar-refractivity contribution is -0.136. The summed E-state index contributed by atoms with van der Waals surface area (Å²) in [6, 6.07) is 11.8. The third-order valence-corrected chi connectivity index (χ3v) is 4.72. The molecule has 1 aromatic heterocycles. The van der Waals surface area contributed by atoms with Gasteiger partial charge in [-0.3, -0.25) is 4.79 Å². The number of aliphatic carboxylic acids is 1. The molecule has 0 radical (unpaired) electrons. The van der Waals surface area contributed by atoms with Crippen LogP contribution in [0.3, 0.4) is 0 Å². The molecule has 0 spiro atoms. The Morgan fingerprint density at radius 3 is 2.59 bits per heavy atom. The summed E-state index contributed by atoms with van der Waals surface area (Å²) in [5.74, 6) is -0.283. The van der Waals surface area contributed by atoms with Crippen molar-refractivity contribution in [2.45, 2.75) is 40.2 Å². The van der Waals surface area contributed by atoms with Gasteiger partial charge in [-0.1, -0.05) is 29.8 Å². The van der Waals surface area contributed by atoms with Crippen LogP contribution in [0.1, 0.15) is 34.2 Å². The van der Waals surface area contributed by atoms with Crippen LogP contribution in [0.15, 0.2) is 45.6 Å². The fraction of sp³-hybridized carbons (Fsp3) is 0.273. The van der Waals surface area contributed by atoms with Gasteiger partial charge >= 0.3 is 11.6 Å². The molecular weight excluding hydrogens is 344 g/mol. The highest BCUT2D eigenvalue weighted by molar-refractivity contribution is 5.85. The lowest BCUT2D eigenvalue weighted by Crippen LogP contribution is -2.12. The largest absolute Gasteiger partial charge is 0.488 e. The van der Waals surface area contributed by atoms with Crippen LogP contribution in [0.25, 0.3) is 11.0 Å². The molecule has 0 bridgehead atoms. The van der Waals surface area contributed by atoms with E-state index in [-0.39, 0.29) is 12.8 Å². The molecule has 27 heavy (non-hydrogen) atoms. The third-order valence-electron chi connectivity index (χ3n) is 4.72. The molecule has 1 N–H and O–H groups in total. The van der Waals surface area contributed by atoms with Gasteiger partial charge in [-0.15, -0.1) is 0 Å². The molecule has 0 aliphatic heterocycles. The van der Waals surface area contributed by atoms with Crippen LogP contribution in [0.4, 0.5) is 0 Å². The van der Waals surface area contributed by atoms with Gasteiger partial charge in [0.05, 0.1) is 0 Å². The fourth-order valence-corrected chi connectivity index (χ4v) is 3.21. The molecule has 2 aromatic carbocycles. The first-order valence-corrected chi connectivity index (χ1v) is 8.83. The van der Waals surface area contributed by atoms with E-state index in [0.717, 1.165) is 22.1 Å². The van der Waals surface area contributed by atoms with Crippen LogP contribution in [-0.4, -0.2) is 11.1 Å². The van der Waals surface area contributed by atoms with E-state index in [1.54, 1.807) is 0 Å². The second kappa shape index (κ2) is 7.66. The lowest BCUT2D eigenvalue weighted by atomic mass is 10.0. The van der Waals surface area contributed by atoms with Crippen molar-refractivity contribution < 1.29 is 19.1 Å². The first kappa shape index (κ1) is 18.7. The smallest absolute Gasteiger partial charge is 0.339 e. The van der Waals surface area contributed by atoms with Crippen molar-refractivity contribution in [2.24, 2.45) is 0 Å². The van der Waals surface area contributed by atoms with Crippen molar-refractivity contribution in [3.63, 3.8) is 0 Å². The summed E-state index contributed by atoms with van der Waals surface area (Å²) in [5.41, 5.74) is 4.16. The van der Waals surface area contributed by atoms with E-state index in [4.69, 9.17) is 14.3 Å². The second-order valence-electron chi connectivity index (χ2n) is 6.73. The number of fused-ring (bicyclic) bond motifs is 1. The maximum absolute atomic E-state index is 12.3. The monoisotopic (exact) mass is 366 g/mol. The van der Waals surface area contributed by atoms with Gasteiger partial charge in [-0.25, -0.2) is 4.79 Å². The minimum atomic E-state index is -0.940. The minimum Gasteiger partial charge on any atom is -0.488 e. The lowest BCUT2D eigenvalue weighted by Gasteiger charge is -2.13. The van der Waals surface area contributed by atoms with Crippen molar-refractivity contribution in [2.75, 3.05) is 0 Å². The molecule has 5 heteroatoms. The fourth-order valence-electron chi connectivity index (χ4n) is 3.21. The predicted molar refractivity (Wildman–Crippen MR) is 103 cm³/mol. The number of rotatable bonds is 6. The highest BCUT2D eigenvalue weighted by atomic mass is 16.5. The van der Waals surface area contributed by atoms with Crippen molar-refractivity contribution in [1.82, 2.24) is 0 Å². The molecule has 140 valence electrons. The zero-order valence-electron chi connectivity index (χ0n) is 15.7. The summed E-state index contributed by atoms with van der Waals surface area (Å²) in [5, 5.41) is 9.67. The normalized spacial score (nSPS) is 10.9. The van der Waals surface area contributed by atoms with E-state index in [1.807, 2.05) is 51.1 Å². The van der Waals surface area contributed by atoms with Crippen LogP contribution in [0, 0.1) is 20.8 Å². The number of carboxylic acid groups (broad SMARTS) is 1. The minimum absolute atomic E-state index is 0.103. The molecule has 0 unspecified atom stereocenters. The Balaban J connectivity index is 1.93. The Bertz CT molecular complexity index is 1060. The van der Waals surface area contributed by atoms with Crippen molar-refractivity contribution in [1.29, 1.82) is 0 Å². The number of hydrogen-bond acceptors (Lipinski definition) is 4. The highest BCUT2D eigenvalue weighted by Gasteiger charge is 2.16. The molecule has 0 aliphatic rings. The summed E-state index contributed by atoms with van der Waals surface area (Å²) < 4.78 is 11.5. The van der Waals surface area contributed by atoms with E-state index in [0.29, 0.717) is 23.5 Å². The maximum atomic E-state index is 12.3. The van der Waals surface area contributed by atoms with Gasteiger partial charge in [0.25, 0.3) is 0 Å². The topological polar surface area (TPSA) is 76.7 Å². The molecule has 0 aliphatic carbocycles. The van der Waals surface area contributed by atoms with Gasteiger partial charge in [-0.2, -0.15) is 0 Å². The number of hydrogen-bond donors (Lipinski definition) is 1. The van der Waals surface area contributed by atoms with Gasteiger partial charge < -0.3 is 14.3 Å². The number of benzene rings is 2. The van der Waals surface area contributed by atoms with E-state index >= 15 is 0 Å². The molecule has 0 saturated carbocycles. The Morgan fingerprint density at radius 2 is 1.89 bits per heavy atom. The van der Waals surface area contributed by atoms with Crippen LogP contribution >= 0.6 is 0 Å². The van der Waals surface area contributed by atoms with E-state index in [9.17, 15) is 9.59 Å². The van der Waals surface area contributed by atoms with Crippen molar-refractivity contribution in [3.05, 3.63) is 74.6 Å². The van der Waals surface area contributed by atoms with Gasteiger partial charge in [0.2, 0.25) is 0 Å². The zero-order valence-corrected chi connectivity index (χ0v) is 15.7. The Kier molecular flexibility index (Phi) is 5.31. The van der Waals surface area contributed by atoms with Gasteiger partial charge in [0, 0.05) is 22.9 Å². The standard InChI is InChI=1S/C22H22O5/c1-13-5-4-6-16(11-13)12-26-19-9-7-17-14(2)18(8-10-20(23)24)22(25)27-21(17)15(19)3/h4-7,9,11H,8,10,12H2,1-3H3,(H,23,24). The summed E-state index contributed by atoms with van der Waals surface area (Å²) in [7, 11) is 0. The number of carbonyl (C=O) groups is 1. The van der Waals surface area contributed by atoms with Crippen molar-refractivity contribution in [3.8, 4) is 5.75 Å². The van der Waals surface area contributed by atoms with Crippen LogP contribution in [0.2, 0.25) is 0 Å². The summed E-state index contributed by atoms with van der Waals surface area (Å²) in [6.07, 6.45) is 0.0534. The molecule has 0 atom stereocenters. The average Bonchev–Trinajstić information content (AvgIpc) is 2.61. The molecular formula is C22H22O5. The van der Waals surface area contributed by atoms with Crippen LogP contribution in [-0.2, 0) is 17.8 Å². The van der Waals surface area contributed by atoms with Crippen LogP contribution < -0.4 is 10.4 Å². The molecule has 1 heterocycles. The van der Waals surface area contributed by atoms with Gasteiger partial charge in [0.15, 0.2) is 0 Å². The quantitative estimate of drug-likeness (QED) is 0.658. The first-order valence-electron chi connectivity index (χ1n) is 8.83. The molecule has 0 amide bonds. The number of ether oxygens (including phenoxy) is 1. The molecule has 3 aromatic rings. The predicted octanol–water partition coefficient (Wildman–Crippen LogP) is 4.31. The third kappa shape index (κ3) is 4.03. The molecule has 0 fully saturated rings. The van der Waals surface area contributed by atoms with Crippen LogP contribution in [0.5, 0.6) is 5.75 Å². The first-order chi connectivity index (χ1) is 12.9. The van der Waals surface area contributed by atoms with Crippen molar-refractivity contribution >= 4 is 16.9 Å². The summed E-state index contributed by atoms with van der Waals surface area (Å²) in [4.78, 5) is 23.2. The summed E-state index contributed by atoms with van der Waals surface area (Å²) >= 11 is 0. The summed E-state index contributed by atoms with van der Waals surface area (Å²) in [6.45, 7) is 6.13. The maximum Gasteiger partial charge on any atom is 0.339 e. The Morgan fingerprint density at radius 1 is 1.11 bits per heavy atom. The molecule has 3 rings (SSSR count). The van der Waals surface area contributed by atoms with E-state index in [2.05, 4.69) is 6.07 Å². The Labute approximate surface area is 157 Å². The molecule has 0 saturated heterocycles. The number of carboxylic acids is 1. The van der Waals surface area contributed by atoms with Gasteiger partial charge in [0.1, 0.15) is 17.9 Å². The molecule has 5 nitrogen and oxygen atoms in total. The van der Waals surface area contributed by atoms with E-state index in [1.165, 1.54) is 5.56 Å². The second-order valence-corrected chi connectivity index (χ2v) is 6.73. The van der Waals surface area contributed by atoms with E-state index < -0.39 is 11.6 Å². The zero-order chi connectivity index (χ0) is 19.6.